The number of anilines is 1. The summed E-state index contributed by atoms with van der Waals surface area (Å²) in [6, 6.07) is 3.43. The lowest BCUT2D eigenvalue weighted by Crippen LogP contribution is -2.30. The number of carboxylic acid groups (broad SMARTS) is 1. The number of carbonyl (C=O) groups excluding carboxylic acids is 2. The summed E-state index contributed by atoms with van der Waals surface area (Å²) in [4.78, 5) is 34.1. The van der Waals surface area contributed by atoms with E-state index < -0.39 is 35.5 Å². The summed E-state index contributed by atoms with van der Waals surface area (Å²) >= 11 is 0. The Kier molecular flexibility index (Phi) is 5.40. The third kappa shape index (κ3) is 4.01. The van der Waals surface area contributed by atoms with E-state index in [0.29, 0.717) is 0 Å². The van der Waals surface area contributed by atoms with E-state index in [4.69, 9.17) is 5.11 Å². The van der Waals surface area contributed by atoms with Gasteiger partial charge in [0.1, 0.15) is 5.82 Å². The Morgan fingerprint density at radius 3 is 2.38 bits per heavy atom. The van der Waals surface area contributed by atoms with E-state index in [0.717, 1.165) is 19.2 Å². The summed E-state index contributed by atoms with van der Waals surface area (Å²) in [5.74, 6) is -4.92. The normalized spacial score (nSPS) is 13.1. The van der Waals surface area contributed by atoms with Crippen molar-refractivity contribution in [1.82, 2.24) is 0 Å². The molecule has 1 rings (SSSR count). The lowest BCUT2D eigenvalue weighted by molar-refractivity contribution is -0.145. The Hall–Kier alpha value is -2.44. The second-order valence-corrected chi connectivity index (χ2v) is 4.59. The van der Waals surface area contributed by atoms with Crippen molar-refractivity contribution in [2.75, 3.05) is 12.4 Å². The third-order valence-electron chi connectivity index (χ3n) is 3.19. The number of hydrogen-bond acceptors (Lipinski definition) is 4. The van der Waals surface area contributed by atoms with Crippen molar-refractivity contribution in [3.63, 3.8) is 0 Å². The van der Waals surface area contributed by atoms with Crippen LogP contribution in [0.2, 0.25) is 0 Å². The maximum atomic E-state index is 13.4. The average Bonchev–Trinajstić information content (AvgIpc) is 2.46. The van der Waals surface area contributed by atoms with Gasteiger partial charge in [-0.2, -0.15) is 0 Å². The minimum atomic E-state index is -1.09. The molecule has 114 valence electrons. The van der Waals surface area contributed by atoms with Crippen LogP contribution in [0.1, 0.15) is 24.2 Å². The lowest BCUT2D eigenvalue weighted by Gasteiger charge is -2.16. The number of ether oxygens (including phenoxy) is 1. The van der Waals surface area contributed by atoms with Crippen LogP contribution in [0.5, 0.6) is 0 Å². The second-order valence-electron chi connectivity index (χ2n) is 4.59. The fourth-order valence-corrected chi connectivity index (χ4v) is 1.57. The average molecular weight is 297 g/mol. The lowest BCUT2D eigenvalue weighted by atomic mass is 9.95. The molecule has 2 atom stereocenters. The molecule has 0 saturated carbocycles. The van der Waals surface area contributed by atoms with Crippen molar-refractivity contribution in [1.29, 1.82) is 0 Å². The molecule has 0 radical (unpaired) electrons. The molecule has 1 aromatic rings. The van der Waals surface area contributed by atoms with E-state index in [1.165, 1.54) is 19.9 Å². The van der Waals surface area contributed by atoms with Crippen LogP contribution in [0.3, 0.4) is 0 Å². The van der Waals surface area contributed by atoms with Crippen LogP contribution in [-0.2, 0) is 14.3 Å². The first kappa shape index (κ1) is 16.6. The number of esters is 1. The number of carboxylic acids is 1. The van der Waals surface area contributed by atoms with Gasteiger partial charge in [0.15, 0.2) is 0 Å². The van der Waals surface area contributed by atoms with Crippen molar-refractivity contribution in [2.24, 2.45) is 11.8 Å². The summed E-state index contributed by atoms with van der Waals surface area (Å²) in [7, 11) is 1.11. The van der Waals surface area contributed by atoms with Crippen molar-refractivity contribution < 1.29 is 28.6 Å². The molecule has 21 heavy (non-hydrogen) atoms. The topological polar surface area (TPSA) is 92.7 Å². The predicted molar refractivity (Wildman–Crippen MR) is 72.3 cm³/mol. The molecule has 0 aromatic heterocycles. The molecule has 1 aromatic carbocycles. The van der Waals surface area contributed by atoms with E-state index in [1.807, 2.05) is 0 Å². The molecule has 0 heterocycles. The molecular formula is C14H16FNO5. The summed E-state index contributed by atoms with van der Waals surface area (Å²) < 4.78 is 17.9. The fraction of sp³-hybridized carbons (Fsp3) is 0.357. The summed E-state index contributed by atoms with van der Waals surface area (Å²) in [6.45, 7) is 2.88. The summed E-state index contributed by atoms with van der Waals surface area (Å²) in [5, 5.41) is 11.3. The molecule has 0 aliphatic heterocycles. The molecule has 0 saturated heterocycles. The number of benzene rings is 1. The third-order valence-corrected chi connectivity index (χ3v) is 3.19. The van der Waals surface area contributed by atoms with Gasteiger partial charge in [-0.05, 0) is 18.2 Å². The van der Waals surface area contributed by atoms with Gasteiger partial charge in [-0.25, -0.2) is 9.18 Å². The van der Waals surface area contributed by atoms with Gasteiger partial charge >= 0.3 is 11.9 Å². The van der Waals surface area contributed by atoms with E-state index in [-0.39, 0.29) is 11.3 Å². The Morgan fingerprint density at radius 1 is 1.24 bits per heavy atom. The SMILES string of the molecule is COC(=O)c1cc(NC(=O)C(C)C(C)C(=O)O)ccc1F. The van der Waals surface area contributed by atoms with Crippen molar-refractivity contribution in [3.05, 3.63) is 29.6 Å². The molecule has 7 heteroatoms. The van der Waals surface area contributed by atoms with Gasteiger partial charge in [-0.1, -0.05) is 13.8 Å². The van der Waals surface area contributed by atoms with Crippen molar-refractivity contribution >= 4 is 23.5 Å². The van der Waals surface area contributed by atoms with Gasteiger partial charge in [0.2, 0.25) is 5.91 Å². The molecule has 0 bridgehead atoms. The van der Waals surface area contributed by atoms with Crippen LogP contribution in [-0.4, -0.2) is 30.1 Å². The number of amides is 1. The highest BCUT2D eigenvalue weighted by atomic mass is 19.1. The van der Waals surface area contributed by atoms with Crippen LogP contribution in [0.15, 0.2) is 18.2 Å². The van der Waals surface area contributed by atoms with Crippen LogP contribution < -0.4 is 5.32 Å². The highest BCUT2D eigenvalue weighted by molar-refractivity contribution is 5.96. The molecule has 0 aliphatic rings. The first-order valence-electron chi connectivity index (χ1n) is 6.19. The number of nitrogens with one attached hydrogen (secondary N) is 1. The van der Waals surface area contributed by atoms with Gasteiger partial charge in [0.25, 0.3) is 0 Å². The van der Waals surface area contributed by atoms with Crippen LogP contribution in [0.25, 0.3) is 0 Å². The van der Waals surface area contributed by atoms with E-state index >= 15 is 0 Å². The minimum absolute atomic E-state index is 0.186. The zero-order valence-electron chi connectivity index (χ0n) is 11.8. The monoisotopic (exact) mass is 297 g/mol. The predicted octanol–water partition coefficient (Wildman–Crippen LogP) is 1.91. The molecule has 6 nitrogen and oxygen atoms in total. The molecule has 2 unspecified atom stereocenters. The van der Waals surface area contributed by atoms with Crippen LogP contribution in [0.4, 0.5) is 10.1 Å². The van der Waals surface area contributed by atoms with Crippen LogP contribution in [0, 0.1) is 17.7 Å². The fourth-order valence-electron chi connectivity index (χ4n) is 1.57. The number of methoxy groups -OCH3 is 1. The van der Waals surface area contributed by atoms with Gasteiger partial charge < -0.3 is 15.2 Å². The number of rotatable bonds is 5. The Labute approximate surface area is 120 Å². The number of aliphatic carboxylic acids is 1. The second kappa shape index (κ2) is 6.83. The highest BCUT2D eigenvalue weighted by Gasteiger charge is 2.26. The largest absolute Gasteiger partial charge is 0.481 e. The van der Waals surface area contributed by atoms with Crippen molar-refractivity contribution in [3.8, 4) is 0 Å². The van der Waals surface area contributed by atoms with Gasteiger partial charge in [0.05, 0.1) is 18.6 Å². The zero-order valence-corrected chi connectivity index (χ0v) is 11.8. The number of halogens is 1. The quantitative estimate of drug-likeness (QED) is 0.810. The molecule has 0 aliphatic carbocycles. The minimum Gasteiger partial charge on any atom is -0.481 e. The van der Waals surface area contributed by atoms with Crippen molar-refractivity contribution in [2.45, 2.75) is 13.8 Å². The summed E-state index contributed by atoms with van der Waals surface area (Å²) in [5.41, 5.74) is -0.125. The van der Waals surface area contributed by atoms with E-state index in [2.05, 4.69) is 10.1 Å². The van der Waals surface area contributed by atoms with E-state index in [1.54, 1.807) is 0 Å². The standard InChI is InChI=1S/C14H16FNO5/c1-7(8(2)13(18)19)12(17)16-9-4-5-11(15)10(6-9)14(20)21-3/h4-8H,1-3H3,(H,16,17)(H,18,19). The smallest absolute Gasteiger partial charge is 0.340 e. The Balaban J connectivity index is 2.91. The van der Waals surface area contributed by atoms with Crippen LogP contribution >= 0.6 is 0 Å². The molecule has 0 spiro atoms. The first-order chi connectivity index (χ1) is 9.77. The molecule has 0 fully saturated rings. The summed E-state index contributed by atoms with van der Waals surface area (Å²) in [6.07, 6.45) is 0. The first-order valence-corrected chi connectivity index (χ1v) is 6.19. The molecular weight excluding hydrogens is 281 g/mol. The van der Waals surface area contributed by atoms with E-state index in [9.17, 15) is 18.8 Å². The maximum absolute atomic E-state index is 13.4. The van der Waals surface area contributed by atoms with Gasteiger partial charge in [0, 0.05) is 11.6 Å². The molecule has 1 amide bonds. The van der Waals surface area contributed by atoms with Gasteiger partial charge in [-0.3, -0.25) is 9.59 Å². The van der Waals surface area contributed by atoms with Gasteiger partial charge in [-0.15, -0.1) is 0 Å². The highest BCUT2D eigenvalue weighted by Crippen LogP contribution is 2.18. The Morgan fingerprint density at radius 2 is 1.86 bits per heavy atom. The molecule has 2 N–H and O–H groups in total. The Bertz CT molecular complexity index is 572. The number of carbonyl (C=O) groups is 3. The maximum Gasteiger partial charge on any atom is 0.340 e. The number of hydrogen-bond donors (Lipinski definition) is 2. The zero-order chi connectivity index (χ0) is 16.2.